The Kier molecular flexibility index (Phi) is 14.2. The van der Waals surface area contributed by atoms with E-state index < -0.39 is 0 Å². The summed E-state index contributed by atoms with van der Waals surface area (Å²) in [5.74, 6) is 0. The van der Waals surface area contributed by atoms with Crippen LogP contribution in [0.1, 0.15) is 58.3 Å². The van der Waals surface area contributed by atoms with Crippen LogP contribution in [0.4, 0.5) is 0 Å². The minimum absolute atomic E-state index is 1.10. The molecule has 0 saturated heterocycles. The minimum atomic E-state index is 1.10. The first-order chi connectivity index (χ1) is 8.41. The van der Waals surface area contributed by atoms with Gasteiger partial charge in [0, 0.05) is 6.54 Å². The van der Waals surface area contributed by atoms with Crippen LogP contribution >= 0.6 is 0 Å². The minimum Gasteiger partial charge on any atom is -0.391 e. The van der Waals surface area contributed by atoms with Crippen LogP contribution < -0.4 is 5.32 Å². The van der Waals surface area contributed by atoms with Crippen molar-refractivity contribution in [3.63, 3.8) is 0 Å². The molecule has 0 aromatic rings. The lowest BCUT2D eigenvalue weighted by atomic mass is 10.1. The van der Waals surface area contributed by atoms with Crippen molar-refractivity contribution in [3.05, 3.63) is 37.1 Å². The van der Waals surface area contributed by atoms with Gasteiger partial charge in [-0.25, -0.2) is 0 Å². The van der Waals surface area contributed by atoms with E-state index in [4.69, 9.17) is 0 Å². The van der Waals surface area contributed by atoms with E-state index in [1.54, 1.807) is 0 Å². The van der Waals surface area contributed by atoms with Crippen LogP contribution in [-0.4, -0.2) is 6.54 Å². The maximum absolute atomic E-state index is 3.71. The van der Waals surface area contributed by atoms with Gasteiger partial charge in [-0.05, 0) is 44.7 Å². The molecule has 0 bridgehead atoms. The van der Waals surface area contributed by atoms with E-state index in [2.05, 4.69) is 43.2 Å². The van der Waals surface area contributed by atoms with Crippen molar-refractivity contribution in [1.82, 2.24) is 5.32 Å². The maximum atomic E-state index is 3.71. The molecular weight excluding hydrogens is 206 g/mol. The van der Waals surface area contributed by atoms with Gasteiger partial charge < -0.3 is 5.32 Å². The number of allylic oxidation sites excluding steroid dienone is 4. The van der Waals surface area contributed by atoms with Crippen LogP contribution in [0.5, 0.6) is 0 Å². The van der Waals surface area contributed by atoms with Crippen LogP contribution in [-0.2, 0) is 0 Å². The second kappa shape index (κ2) is 15.0. The maximum Gasteiger partial charge on any atom is 0.0141 e. The Hall–Kier alpha value is -0.980. The molecule has 1 nitrogen and oxygen atoms in total. The highest BCUT2D eigenvalue weighted by Gasteiger charge is 1.87. The summed E-state index contributed by atoms with van der Waals surface area (Å²) in [5.41, 5.74) is 0. The Balaban J connectivity index is 3.05. The molecule has 0 aliphatic carbocycles. The molecule has 0 radical (unpaired) electrons. The molecule has 0 saturated carbocycles. The Bertz CT molecular complexity index is 204. The lowest BCUT2D eigenvalue weighted by Crippen LogP contribution is -2.06. The van der Waals surface area contributed by atoms with Crippen molar-refractivity contribution >= 4 is 0 Å². The monoisotopic (exact) mass is 235 g/mol. The molecule has 0 rings (SSSR count). The van der Waals surface area contributed by atoms with Crippen LogP contribution in [0.2, 0.25) is 0 Å². The second-order valence-corrected chi connectivity index (χ2v) is 4.31. The summed E-state index contributed by atoms with van der Waals surface area (Å²) in [4.78, 5) is 0. The molecule has 0 fully saturated rings. The van der Waals surface area contributed by atoms with Gasteiger partial charge in [-0.3, -0.25) is 0 Å². The third kappa shape index (κ3) is 15.0. The van der Waals surface area contributed by atoms with Gasteiger partial charge in [-0.1, -0.05) is 44.1 Å². The normalized spacial score (nSPS) is 11.4. The van der Waals surface area contributed by atoms with Gasteiger partial charge in [0.1, 0.15) is 0 Å². The number of hydrogen-bond acceptors (Lipinski definition) is 1. The molecular formula is C16H29N. The summed E-state index contributed by atoms with van der Waals surface area (Å²) in [5, 5.41) is 3.31. The van der Waals surface area contributed by atoms with E-state index in [9.17, 15) is 0 Å². The van der Waals surface area contributed by atoms with Gasteiger partial charge in [0.2, 0.25) is 0 Å². The van der Waals surface area contributed by atoms with Crippen LogP contribution in [0.25, 0.3) is 0 Å². The molecule has 1 N–H and O–H groups in total. The third-order valence-corrected chi connectivity index (χ3v) is 2.62. The van der Waals surface area contributed by atoms with Gasteiger partial charge in [0.25, 0.3) is 0 Å². The first-order valence-corrected chi connectivity index (χ1v) is 7.06. The molecule has 0 atom stereocenters. The third-order valence-electron chi connectivity index (χ3n) is 2.62. The molecule has 0 amide bonds. The molecule has 0 unspecified atom stereocenters. The largest absolute Gasteiger partial charge is 0.391 e. The highest BCUT2D eigenvalue weighted by molar-refractivity contribution is 4.84. The lowest BCUT2D eigenvalue weighted by Gasteiger charge is -2.00. The summed E-state index contributed by atoms with van der Waals surface area (Å²) in [6.07, 6.45) is 20.7. The summed E-state index contributed by atoms with van der Waals surface area (Å²) in [6, 6.07) is 0. The highest BCUT2D eigenvalue weighted by Crippen LogP contribution is 2.04. The average molecular weight is 235 g/mol. The van der Waals surface area contributed by atoms with Gasteiger partial charge in [-0.2, -0.15) is 0 Å². The van der Waals surface area contributed by atoms with Crippen molar-refractivity contribution in [1.29, 1.82) is 0 Å². The SMILES string of the molecule is C=CCC/C=C/CCCCCCNC=CCC. The Labute approximate surface area is 108 Å². The first kappa shape index (κ1) is 16.0. The topological polar surface area (TPSA) is 12.0 Å². The molecule has 0 aromatic heterocycles. The van der Waals surface area contributed by atoms with Crippen molar-refractivity contribution in [2.75, 3.05) is 6.54 Å². The number of hydrogen-bond donors (Lipinski definition) is 1. The smallest absolute Gasteiger partial charge is 0.0141 e. The number of unbranched alkanes of at least 4 members (excludes halogenated alkanes) is 5. The van der Waals surface area contributed by atoms with Crippen LogP contribution in [0.3, 0.4) is 0 Å². The zero-order valence-corrected chi connectivity index (χ0v) is 11.5. The van der Waals surface area contributed by atoms with Crippen LogP contribution in [0, 0.1) is 0 Å². The van der Waals surface area contributed by atoms with E-state index in [0.29, 0.717) is 0 Å². The number of rotatable bonds is 12. The van der Waals surface area contributed by atoms with Crippen molar-refractivity contribution in [2.45, 2.75) is 58.3 Å². The molecule has 0 aliphatic rings. The van der Waals surface area contributed by atoms with E-state index in [0.717, 1.165) is 25.8 Å². The Morgan fingerprint density at radius 3 is 2.41 bits per heavy atom. The summed E-state index contributed by atoms with van der Waals surface area (Å²) in [6.45, 7) is 6.98. The highest BCUT2D eigenvalue weighted by atomic mass is 14.8. The molecule has 0 spiro atoms. The predicted molar refractivity (Wildman–Crippen MR) is 79.1 cm³/mol. The molecule has 17 heavy (non-hydrogen) atoms. The summed E-state index contributed by atoms with van der Waals surface area (Å²) >= 11 is 0. The summed E-state index contributed by atoms with van der Waals surface area (Å²) in [7, 11) is 0. The molecule has 98 valence electrons. The average Bonchev–Trinajstić information content (AvgIpc) is 2.35. The summed E-state index contributed by atoms with van der Waals surface area (Å²) < 4.78 is 0. The van der Waals surface area contributed by atoms with E-state index in [-0.39, 0.29) is 0 Å². The zero-order valence-electron chi connectivity index (χ0n) is 11.5. The molecule has 0 aromatic carbocycles. The Morgan fingerprint density at radius 1 is 0.882 bits per heavy atom. The fraction of sp³-hybridized carbons (Fsp3) is 0.625. The van der Waals surface area contributed by atoms with Gasteiger partial charge in [0.05, 0.1) is 0 Å². The predicted octanol–water partition coefficient (Wildman–Crippen LogP) is 4.97. The molecule has 0 aliphatic heterocycles. The number of nitrogens with one attached hydrogen (secondary N) is 1. The van der Waals surface area contributed by atoms with Crippen molar-refractivity contribution in [3.8, 4) is 0 Å². The van der Waals surface area contributed by atoms with Crippen molar-refractivity contribution in [2.24, 2.45) is 0 Å². The quantitative estimate of drug-likeness (QED) is 0.372. The fourth-order valence-corrected chi connectivity index (χ4v) is 1.58. The second-order valence-electron chi connectivity index (χ2n) is 4.31. The first-order valence-electron chi connectivity index (χ1n) is 7.06. The zero-order chi connectivity index (χ0) is 12.6. The fourth-order valence-electron chi connectivity index (χ4n) is 1.58. The van der Waals surface area contributed by atoms with E-state index in [1.807, 2.05) is 6.08 Å². The lowest BCUT2D eigenvalue weighted by molar-refractivity contribution is 0.629. The van der Waals surface area contributed by atoms with E-state index in [1.165, 1.54) is 32.1 Å². The molecule has 1 heteroatoms. The van der Waals surface area contributed by atoms with Crippen LogP contribution in [0.15, 0.2) is 37.1 Å². The van der Waals surface area contributed by atoms with Gasteiger partial charge in [0.15, 0.2) is 0 Å². The standard InChI is InChI=1S/C16H29N/c1-3-5-7-8-9-10-11-12-13-14-16-17-15-6-4-2/h3,6,8-9,15,17H,1,4-5,7,10-14,16H2,2H3/b9-8+,15-6?. The molecule has 0 heterocycles. The van der Waals surface area contributed by atoms with Gasteiger partial charge in [-0.15, -0.1) is 6.58 Å². The van der Waals surface area contributed by atoms with E-state index >= 15 is 0 Å². The Morgan fingerprint density at radius 2 is 1.65 bits per heavy atom. The van der Waals surface area contributed by atoms with Gasteiger partial charge >= 0.3 is 0 Å². The van der Waals surface area contributed by atoms with Crippen molar-refractivity contribution < 1.29 is 0 Å².